The first kappa shape index (κ1) is 15.7. The normalized spacial score (nSPS) is 17.2. The number of benzene rings is 1. The first-order valence-electron chi connectivity index (χ1n) is 7.42. The minimum absolute atomic E-state index is 0.232. The van der Waals surface area contributed by atoms with Gasteiger partial charge in [-0.15, -0.1) is 0 Å². The summed E-state index contributed by atoms with van der Waals surface area (Å²) in [5, 5.41) is 21.8. The lowest BCUT2D eigenvalue weighted by atomic mass is 9.98. The molecule has 1 saturated carbocycles. The summed E-state index contributed by atoms with van der Waals surface area (Å²) in [5.74, 6) is -0.446. The number of rotatable bonds is 6. The highest BCUT2D eigenvalue weighted by Gasteiger charge is 2.15. The van der Waals surface area contributed by atoms with Gasteiger partial charge >= 0.3 is 0 Å². The van der Waals surface area contributed by atoms with E-state index in [1.807, 2.05) is 6.07 Å². The number of halogens is 1. The standard InChI is InChI=1S/C16H21FN2O2/c17-13-6-7-16(12(8-13)9-18)19-10-14(20)11-21-15-4-2-1-3-5-15/h6-8,14-15,19-20H,1-5,10-11H2. The molecule has 0 aliphatic heterocycles. The molecule has 0 saturated heterocycles. The van der Waals surface area contributed by atoms with Gasteiger partial charge in [0.05, 0.1) is 30.1 Å². The number of nitrogens with one attached hydrogen (secondary N) is 1. The average molecular weight is 292 g/mol. The van der Waals surface area contributed by atoms with Crippen molar-refractivity contribution in [3.8, 4) is 6.07 Å². The molecule has 2 N–H and O–H groups in total. The second kappa shape index (κ2) is 7.96. The molecule has 1 aliphatic rings. The van der Waals surface area contributed by atoms with Crippen LogP contribution in [-0.4, -0.2) is 30.5 Å². The third-order valence-electron chi connectivity index (χ3n) is 3.71. The maximum atomic E-state index is 13.0. The van der Waals surface area contributed by atoms with Gasteiger partial charge in [-0.1, -0.05) is 19.3 Å². The van der Waals surface area contributed by atoms with Crippen molar-refractivity contribution in [3.63, 3.8) is 0 Å². The molecule has 2 rings (SSSR count). The molecule has 1 fully saturated rings. The van der Waals surface area contributed by atoms with Gasteiger partial charge in [-0.05, 0) is 31.0 Å². The summed E-state index contributed by atoms with van der Waals surface area (Å²) in [6.07, 6.45) is 5.40. The van der Waals surface area contributed by atoms with Crippen LogP contribution in [0.3, 0.4) is 0 Å². The first-order chi connectivity index (χ1) is 10.2. The van der Waals surface area contributed by atoms with Crippen molar-refractivity contribution in [1.82, 2.24) is 0 Å². The van der Waals surface area contributed by atoms with E-state index in [1.165, 1.54) is 37.5 Å². The fraction of sp³-hybridized carbons (Fsp3) is 0.562. The van der Waals surface area contributed by atoms with Crippen LogP contribution >= 0.6 is 0 Å². The fourth-order valence-corrected chi connectivity index (χ4v) is 2.53. The SMILES string of the molecule is N#Cc1cc(F)ccc1NCC(O)COC1CCCCC1. The Morgan fingerprint density at radius 2 is 2.14 bits per heavy atom. The van der Waals surface area contributed by atoms with Crippen molar-refractivity contribution in [2.75, 3.05) is 18.5 Å². The quantitative estimate of drug-likeness (QED) is 0.846. The van der Waals surface area contributed by atoms with E-state index < -0.39 is 11.9 Å². The molecule has 21 heavy (non-hydrogen) atoms. The Hall–Kier alpha value is -1.64. The molecule has 1 atom stereocenters. The van der Waals surface area contributed by atoms with E-state index in [4.69, 9.17) is 10.00 Å². The lowest BCUT2D eigenvalue weighted by molar-refractivity contribution is -0.0195. The molecule has 0 spiro atoms. The predicted octanol–water partition coefficient (Wildman–Crippen LogP) is 2.82. The number of anilines is 1. The van der Waals surface area contributed by atoms with Gasteiger partial charge in [-0.3, -0.25) is 0 Å². The molecule has 1 aromatic rings. The van der Waals surface area contributed by atoms with Gasteiger partial charge in [-0.2, -0.15) is 5.26 Å². The number of hydrogen-bond donors (Lipinski definition) is 2. The Bertz CT molecular complexity index is 496. The van der Waals surface area contributed by atoms with Crippen molar-refractivity contribution >= 4 is 5.69 Å². The van der Waals surface area contributed by atoms with Crippen LogP contribution in [0.2, 0.25) is 0 Å². The van der Waals surface area contributed by atoms with Crippen molar-refractivity contribution in [2.24, 2.45) is 0 Å². The molecule has 0 amide bonds. The topological polar surface area (TPSA) is 65.3 Å². The molecule has 114 valence electrons. The zero-order chi connectivity index (χ0) is 15.1. The van der Waals surface area contributed by atoms with Crippen molar-refractivity contribution in [3.05, 3.63) is 29.6 Å². The summed E-state index contributed by atoms with van der Waals surface area (Å²) >= 11 is 0. The minimum Gasteiger partial charge on any atom is -0.389 e. The van der Waals surface area contributed by atoms with E-state index in [0.717, 1.165) is 12.8 Å². The number of ether oxygens (including phenoxy) is 1. The Labute approximate surface area is 124 Å². The average Bonchev–Trinajstić information content (AvgIpc) is 2.52. The summed E-state index contributed by atoms with van der Waals surface area (Å²) in [6.45, 7) is 0.549. The Kier molecular flexibility index (Phi) is 5.97. The number of nitriles is 1. The highest BCUT2D eigenvalue weighted by Crippen LogP contribution is 2.20. The molecule has 4 nitrogen and oxygen atoms in total. The summed E-state index contributed by atoms with van der Waals surface area (Å²) in [4.78, 5) is 0. The highest BCUT2D eigenvalue weighted by molar-refractivity contribution is 5.57. The van der Waals surface area contributed by atoms with Gasteiger partial charge in [-0.25, -0.2) is 4.39 Å². The van der Waals surface area contributed by atoms with Crippen LogP contribution in [0.15, 0.2) is 18.2 Å². The Morgan fingerprint density at radius 3 is 2.86 bits per heavy atom. The van der Waals surface area contributed by atoms with Crippen LogP contribution in [0.4, 0.5) is 10.1 Å². The summed E-state index contributed by atoms with van der Waals surface area (Å²) in [5.41, 5.74) is 0.756. The van der Waals surface area contributed by atoms with E-state index in [1.54, 1.807) is 0 Å². The maximum absolute atomic E-state index is 13.0. The first-order valence-corrected chi connectivity index (χ1v) is 7.42. The van der Waals surface area contributed by atoms with Crippen molar-refractivity contribution in [1.29, 1.82) is 5.26 Å². The van der Waals surface area contributed by atoms with E-state index in [0.29, 0.717) is 5.69 Å². The lowest BCUT2D eigenvalue weighted by Gasteiger charge is -2.23. The molecule has 1 aromatic carbocycles. The number of nitrogens with zero attached hydrogens (tertiary/aromatic N) is 1. The molecule has 0 aromatic heterocycles. The second-order valence-corrected chi connectivity index (χ2v) is 5.43. The van der Waals surface area contributed by atoms with Crippen LogP contribution in [-0.2, 0) is 4.74 Å². The summed E-state index contributed by atoms with van der Waals surface area (Å²) in [6, 6.07) is 5.89. The van der Waals surface area contributed by atoms with E-state index >= 15 is 0 Å². The predicted molar refractivity (Wildman–Crippen MR) is 78.4 cm³/mol. The van der Waals surface area contributed by atoms with Gasteiger partial charge in [0.15, 0.2) is 0 Å². The fourth-order valence-electron chi connectivity index (χ4n) is 2.53. The Balaban J connectivity index is 1.76. The smallest absolute Gasteiger partial charge is 0.124 e. The molecule has 0 heterocycles. The van der Waals surface area contributed by atoms with Crippen molar-refractivity contribution < 1.29 is 14.2 Å². The van der Waals surface area contributed by atoms with Gasteiger partial charge in [0.2, 0.25) is 0 Å². The zero-order valence-corrected chi connectivity index (χ0v) is 12.0. The summed E-state index contributed by atoms with van der Waals surface area (Å²) < 4.78 is 18.7. The van der Waals surface area contributed by atoms with Gasteiger partial charge < -0.3 is 15.2 Å². The molecular weight excluding hydrogens is 271 g/mol. The molecule has 1 unspecified atom stereocenters. The van der Waals surface area contributed by atoms with Crippen LogP contribution in [0.1, 0.15) is 37.7 Å². The third kappa shape index (κ3) is 5.00. The van der Waals surface area contributed by atoms with Crippen molar-refractivity contribution in [2.45, 2.75) is 44.3 Å². The van der Waals surface area contributed by atoms with Crippen LogP contribution in [0, 0.1) is 17.1 Å². The van der Waals surface area contributed by atoms with E-state index in [-0.39, 0.29) is 24.8 Å². The third-order valence-corrected chi connectivity index (χ3v) is 3.71. The second-order valence-electron chi connectivity index (χ2n) is 5.43. The van der Waals surface area contributed by atoms with Crippen LogP contribution < -0.4 is 5.32 Å². The lowest BCUT2D eigenvalue weighted by Crippen LogP contribution is -2.28. The molecule has 0 bridgehead atoms. The highest BCUT2D eigenvalue weighted by atomic mass is 19.1. The maximum Gasteiger partial charge on any atom is 0.124 e. The van der Waals surface area contributed by atoms with Gasteiger partial charge in [0.25, 0.3) is 0 Å². The van der Waals surface area contributed by atoms with Gasteiger partial charge in [0, 0.05) is 6.54 Å². The molecular formula is C16H21FN2O2. The Morgan fingerprint density at radius 1 is 1.38 bits per heavy atom. The molecule has 5 heteroatoms. The van der Waals surface area contributed by atoms with Crippen LogP contribution in [0.5, 0.6) is 0 Å². The number of aliphatic hydroxyl groups excluding tert-OH is 1. The minimum atomic E-state index is -0.650. The van der Waals surface area contributed by atoms with E-state index in [9.17, 15) is 9.50 Å². The molecule has 1 aliphatic carbocycles. The monoisotopic (exact) mass is 292 g/mol. The van der Waals surface area contributed by atoms with Crippen LogP contribution in [0.25, 0.3) is 0 Å². The number of aliphatic hydroxyl groups is 1. The summed E-state index contributed by atoms with van der Waals surface area (Å²) in [7, 11) is 0. The van der Waals surface area contributed by atoms with E-state index in [2.05, 4.69) is 5.32 Å². The van der Waals surface area contributed by atoms with Gasteiger partial charge in [0.1, 0.15) is 11.9 Å². The number of hydrogen-bond acceptors (Lipinski definition) is 4. The molecule has 0 radical (unpaired) electrons. The largest absolute Gasteiger partial charge is 0.389 e. The zero-order valence-electron chi connectivity index (χ0n) is 12.0.